The molecule has 0 radical (unpaired) electrons. The SMILES string of the molecule is [2H]C([2H])(N)Cc1ccc(O)cc1. The molecule has 0 bridgehead atoms. The molecule has 0 heterocycles. The molecule has 0 amide bonds. The van der Waals surface area contributed by atoms with Gasteiger partial charge in [-0.2, -0.15) is 0 Å². The van der Waals surface area contributed by atoms with Gasteiger partial charge in [0.2, 0.25) is 0 Å². The summed E-state index contributed by atoms with van der Waals surface area (Å²) in [6.45, 7) is -1.68. The maximum atomic E-state index is 8.93. The van der Waals surface area contributed by atoms with Crippen LogP contribution >= 0.6 is 0 Å². The Kier molecular flexibility index (Phi) is 1.53. The summed E-state index contributed by atoms with van der Waals surface area (Å²) >= 11 is 0. The van der Waals surface area contributed by atoms with Crippen molar-refractivity contribution < 1.29 is 7.85 Å². The van der Waals surface area contributed by atoms with Gasteiger partial charge in [0.05, 0.1) is 0 Å². The fourth-order valence-corrected chi connectivity index (χ4v) is 0.732. The van der Waals surface area contributed by atoms with Crippen LogP contribution in [0.2, 0.25) is 0 Å². The Bertz CT molecular complexity index is 253. The summed E-state index contributed by atoms with van der Waals surface area (Å²) in [4.78, 5) is 0. The first-order valence-corrected chi connectivity index (χ1v) is 3.04. The Morgan fingerprint density at radius 3 is 2.50 bits per heavy atom. The molecule has 54 valence electrons. The largest absolute Gasteiger partial charge is 0.508 e. The first kappa shape index (κ1) is 4.74. The number of nitrogens with two attached hydrogens (primary N) is 1. The van der Waals surface area contributed by atoms with E-state index in [1.54, 1.807) is 12.1 Å². The molecule has 1 aromatic carbocycles. The summed E-state index contributed by atoms with van der Waals surface area (Å²) in [6, 6.07) is 6.34. The van der Waals surface area contributed by atoms with Gasteiger partial charge in [0, 0.05) is 2.74 Å². The molecule has 0 saturated heterocycles. The normalized spacial score (nSPS) is 14.1. The molecule has 10 heavy (non-hydrogen) atoms. The Morgan fingerprint density at radius 2 is 2.00 bits per heavy atom. The molecular weight excluding hydrogens is 126 g/mol. The van der Waals surface area contributed by atoms with Crippen LogP contribution in [0.25, 0.3) is 0 Å². The van der Waals surface area contributed by atoms with Crippen LogP contribution in [0.3, 0.4) is 0 Å². The monoisotopic (exact) mass is 139 g/mol. The van der Waals surface area contributed by atoms with Gasteiger partial charge >= 0.3 is 0 Å². The highest BCUT2D eigenvalue weighted by Gasteiger charge is 1.89. The quantitative estimate of drug-likeness (QED) is 0.639. The van der Waals surface area contributed by atoms with E-state index in [4.69, 9.17) is 13.6 Å². The predicted molar refractivity (Wildman–Crippen MR) is 40.9 cm³/mol. The Balaban J connectivity index is 2.71. The zero-order chi connectivity index (χ0) is 9.19. The van der Waals surface area contributed by atoms with Gasteiger partial charge in [-0.25, -0.2) is 0 Å². The molecule has 0 aromatic heterocycles. The van der Waals surface area contributed by atoms with E-state index in [1.807, 2.05) is 0 Å². The number of benzene rings is 1. The highest BCUT2D eigenvalue weighted by molar-refractivity contribution is 5.25. The molecule has 0 saturated carbocycles. The highest BCUT2D eigenvalue weighted by atomic mass is 16.3. The van der Waals surface area contributed by atoms with Crippen molar-refractivity contribution in [2.45, 2.75) is 6.42 Å². The van der Waals surface area contributed by atoms with E-state index in [1.165, 1.54) is 12.1 Å². The van der Waals surface area contributed by atoms with Crippen LogP contribution in [0.4, 0.5) is 0 Å². The van der Waals surface area contributed by atoms with Crippen LogP contribution in [-0.4, -0.2) is 11.6 Å². The molecular formula is C8H11NO. The van der Waals surface area contributed by atoms with Gasteiger partial charge in [-0.1, -0.05) is 12.1 Å². The van der Waals surface area contributed by atoms with Gasteiger partial charge in [-0.05, 0) is 30.6 Å². The Hall–Kier alpha value is -1.02. The van der Waals surface area contributed by atoms with Crippen molar-refractivity contribution in [3.05, 3.63) is 29.8 Å². The summed E-state index contributed by atoms with van der Waals surface area (Å²) in [7, 11) is 0. The van der Waals surface area contributed by atoms with Crippen molar-refractivity contribution in [2.75, 3.05) is 6.50 Å². The zero-order valence-corrected chi connectivity index (χ0v) is 5.54. The Labute approximate surface area is 63.1 Å². The highest BCUT2D eigenvalue weighted by Crippen LogP contribution is 2.09. The van der Waals surface area contributed by atoms with Crippen molar-refractivity contribution in [2.24, 2.45) is 5.73 Å². The van der Waals surface area contributed by atoms with Crippen LogP contribution in [0.1, 0.15) is 8.30 Å². The molecule has 3 N–H and O–H groups in total. The average molecular weight is 139 g/mol. The minimum atomic E-state index is -1.68. The second kappa shape index (κ2) is 3.22. The first-order chi connectivity index (χ1) is 5.47. The number of hydrogen-bond acceptors (Lipinski definition) is 2. The molecule has 2 heteroatoms. The predicted octanol–water partition coefficient (Wildman–Crippen LogP) is 0.893. The van der Waals surface area contributed by atoms with E-state index in [0.717, 1.165) is 5.56 Å². The summed E-state index contributed by atoms with van der Waals surface area (Å²) in [5, 5.41) is 8.93. The number of rotatable bonds is 2. The van der Waals surface area contributed by atoms with Gasteiger partial charge in [-0.15, -0.1) is 0 Å². The van der Waals surface area contributed by atoms with Gasteiger partial charge in [0.25, 0.3) is 0 Å². The van der Waals surface area contributed by atoms with E-state index in [9.17, 15) is 0 Å². The third-order valence-corrected chi connectivity index (χ3v) is 1.24. The lowest BCUT2D eigenvalue weighted by molar-refractivity contribution is 0.475. The minimum absolute atomic E-state index is 0.160. The summed E-state index contributed by atoms with van der Waals surface area (Å²) in [5.74, 6) is 0.177. The van der Waals surface area contributed by atoms with Crippen molar-refractivity contribution in [3.8, 4) is 5.75 Å². The summed E-state index contributed by atoms with van der Waals surface area (Å²) in [5.41, 5.74) is 5.95. The maximum Gasteiger partial charge on any atom is 0.115 e. The summed E-state index contributed by atoms with van der Waals surface area (Å²) < 4.78 is 14.2. The second-order valence-electron chi connectivity index (χ2n) is 2.05. The van der Waals surface area contributed by atoms with E-state index in [2.05, 4.69) is 0 Å². The topological polar surface area (TPSA) is 46.2 Å². The number of phenolic OH excluding ortho intramolecular Hbond substituents is 1. The van der Waals surface area contributed by atoms with E-state index in [-0.39, 0.29) is 12.2 Å². The number of aromatic hydroxyl groups is 1. The molecule has 0 unspecified atom stereocenters. The standard InChI is InChI=1S/C8H11NO/c9-6-5-7-1-3-8(10)4-2-7/h1-4,10H,5-6,9H2/i6D2. The van der Waals surface area contributed by atoms with Crippen molar-refractivity contribution in [1.29, 1.82) is 0 Å². The van der Waals surface area contributed by atoms with Crippen molar-refractivity contribution >= 4 is 0 Å². The van der Waals surface area contributed by atoms with Crippen molar-refractivity contribution in [3.63, 3.8) is 0 Å². The third-order valence-electron chi connectivity index (χ3n) is 1.24. The van der Waals surface area contributed by atoms with Crippen LogP contribution in [0, 0.1) is 0 Å². The minimum Gasteiger partial charge on any atom is -0.508 e. The lowest BCUT2D eigenvalue weighted by Crippen LogP contribution is -2.01. The van der Waals surface area contributed by atoms with E-state index in [0.29, 0.717) is 0 Å². The van der Waals surface area contributed by atoms with Crippen LogP contribution in [0.15, 0.2) is 24.3 Å². The van der Waals surface area contributed by atoms with E-state index < -0.39 is 6.50 Å². The van der Waals surface area contributed by atoms with Crippen molar-refractivity contribution in [1.82, 2.24) is 0 Å². The van der Waals surface area contributed by atoms with Gasteiger partial charge in [-0.3, -0.25) is 0 Å². The number of hydrogen-bond donors (Lipinski definition) is 2. The van der Waals surface area contributed by atoms with E-state index >= 15 is 0 Å². The lowest BCUT2D eigenvalue weighted by atomic mass is 10.1. The maximum absolute atomic E-state index is 8.93. The summed E-state index contributed by atoms with van der Waals surface area (Å²) in [6.07, 6.45) is 0.160. The molecule has 0 aliphatic heterocycles. The van der Waals surface area contributed by atoms with Crippen LogP contribution in [-0.2, 0) is 6.42 Å². The fourth-order valence-electron chi connectivity index (χ4n) is 0.732. The number of aryl methyl sites for hydroxylation is 1. The van der Waals surface area contributed by atoms with Gasteiger partial charge in [0.15, 0.2) is 0 Å². The second-order valence-corrected chi connectivity index (χ2v) is 2.05. The average Bonchev–Trinajstić information content (AvgIpc) is 1.91. The molecule has 1 rings (SSSR count). The van der Waals surface area contributed by atoms with Gasteiger partial charge in [0.1, 0.15) is 5.75 Å². The Morgan fingerprint density at radius 1 is 1.40 bits per heavy atom. The fraction of sp³-hybridized carbons (Fsp3) is 0.250. The number of phenols is 1. The molecule has 0 fully saturated rings. The molecule has 1 aromatic rings. The lowest BCUT2D eigenvalue weighted by Gasteiger charge is -1.96. The smallest absolute Gasteiger partial charge is 0.115 e. The molecule has 0 atom stereocenters. The first-order valence-electron chi connectivity index (χ1n) is 4.04. The van der Waals surface area contributed by atoms with Crippen LogP contribution < -0.4 is 5.73 Å². The molecule has 2 nitrogen and oxygen atoms in total. The third kappa shape index (κ3) is 1.74. The van der Waals surface area contributed by atoms with Gasteiger partial charge < -0.3 is 10.8 Å². The zero-order valence-electron chi connectivity index (χ0n) is 7.54. The molecule has 0 aliphatic rings. The molecule has 0 spiro atoms. The van der Waals surface area contributed by atoms with Crippen LogP contribution in [0.5, 0.6) is 5.75 Å². The molecule has 0 aliphatic carbocycles.